The normalized spacial score (nSPS) is 14.0. The Hall–Kier alpha value is -1.61. The van der Waals surface area contributed by atoms with E-state index in [0.29, 0.717) is 6.54 Å². The van der Waals surface area contributed by atoms with Crippen LogP contribution in [0.5, 0.6) is 0 Å². The number of rotatable bonds is 2. The van der Waals surface area contributed by atoms with Crippen molar-refractivity contribution in [3.8, 4) is 11.3 Å². The van der Waals surface area contributed by atoms with Gasteiger partial charge in [0.1, 0.15) is 5.82 Å². The third-order valence-corrected chi connectivity index (χ3v) is 3.42. The van der Waals surface area contributed by atoms with Gasteiger partial charge in [-0.05, 0) is 25.8 Å². The number of nitrogens with zero attached hydrogens (tertiary/aromatic N) is 2. The molecule has 0 bridgehead atoms. The van der Waals surface area contributed by atoms with E-state index in [2.05, 4.69) is 35.8 Å². The van der Waals surface area contributed by atoms with Crippen molar-refractivity contribution in [2.45, 2.75) is 32.9 Å². The molecular formula is C14H17N3. The van der Waals surface area contributed by atoms with Crippen LogP contribution in [0.2, 0.25) is 0 Å². The Labute approximate surface area is 101 Å². The Bertz CT molecular complexity index is 555. The lowest BCUT2D eigenvalue weighted by molar-refractivity contribution is 0.689. The minimum Gasteiger partial charge on any atom is -0.330 e. The molecule has 0 saturated carbocycles. The number of hydrogen-bond donors (Lipinski definition) is 1. The van der Waals surface area contributed by atoms with Crippen LogP contribution in [0.1, 0.15) is 23.5 Å². The maximum absolute atomic E-state index is 5.76. The predicted molar refractivity (Wildman–Crippen MR) is 68.6 cm³/mol. The van der Waals surface area contributed by atoms with Gasteiger partial charge in [-0.3, -0.25) is 0 Å². The Kier molecular flexibility index (Phi) is 2.48. The van der Waals surface area contributed by atoms with Gasteiger partial charge in [0, 0.05) is 17.8 Å². The van der Waals surface area contributed by atoms with Gasteiger partial charge >= 0.3 is 0 Å². The van der Waals surface area contributed by atoms with E-state index in [4.69, 9.17) is 10.7 Å². The van der Waals surface area contributed by atoms with Crippen molar-refractivity contribution >= 4 is 0 Å². The molecule has 17 heavy (non-hydrogen) atoms. The van der Waals surface area contributed by atoms with Gasteiger partial charge in [-0.1, -0.05) is 23.8 Å². The van der Waals surface area contributed by atoms with Crippen molar-refractivity contribution in [3.05, 3.63) is 41.3 Å². The van der Waals surface area contributed by atoms with E-state index in [1.165, 1.54) is 23.2 Å². The maximum Gasteiger partial charge on any atom is 0.123 e. The largest absolute Gasteiger partial charge is 0.330 e. The monoisotopic (exact) mass is 227 g/mol. The Morgan fingerprint density at radius 3 is 3.06 bits per heavy atom. The summed E-state index contributed by atoms with van der Waals surface area (Å²) in [6.45, 7) is 3.71. The van der Waals surface area contributed by atoms with Crippen LogP contribution < -0.4 is 5.73 Å². The van der Waals surface area contributed by atoms with Gasteiger partial charge in [0.25, 0.3) is 0 Å². The maximum atomic E-state index is 5.76. The average molecular weight is 227 g/mol. The highest BCUT2D eigenvalue weighted by Gasteiger charge is 2.21. The number of hydrogen-bond acceptors (Lipinski definition) is 2. The number of fused-ring (bicyclic) bond motifs is 1. The number of benzene rings is 1. The fourth-order valence-corrected chi connectivity index (χ4v) is 2.64. The molecule has 0 radical (unpaired) electrons. The Morgan fingerprint density at radius 2 is 2.29 bits per heavy atom. The van der Waals surface area contributed by atoms with Gasteiger partial charge < -0.3 is 10.3 Å². The number of imidazole rings is 1. The molecule has 3 heteroatoms. The zero-order valence-electron chi connectivity index (χ0n) is 10.1. The summed E-state index contributed by atoms with van der Waals surface area (Å²) in [6.07, 6.45) is 2.33. The van der Waals surface area contributed by atoms with Crippen molar-refractivity contribution in [2.24, 2.45) is 5.73 Å². The lowest BCUT2D eigenvalue weighted by Gasteiger charge is -2.01. The van der Waals surface area contributed by atoms with Crippen molar-refractivity contribution in [1.29, 1.82) is 0 Å². The first-order valence-electron chi connectivity index (χ1n) is 6.15. The third kappa shape index (κ3) is 1.67. The summed E-state index contributed by atoms with van der Waals surface area (Å²) in [7, 11) is 0. The molecule has 3 rings (SSSR count). The highest BCUT2D eigenvalue weighted by molar-refractivity contribution is 5.63. The summed E-state index contributed by atoms with van der Waals surface area (Å²) < 4.78 is 2.29. The van der Waals surface area contributed by atoms with Crippen LogP contribution in [-0.4, -0.2) is 9.55 Å². The molecule has 1 aliphatic rings. The lowest BCUT2D eigenvalue weighted by Crippen LogP contribution is -2.06. The molecule has 0 spiro atoms. The van der Waals surface area contributed by atoms with E-state index in [1.807, 2.05) is 0 Å². The van der Waals surface area contributed by atoms with E-state index in [0.717, 1.165) is 24.5 Å². The first kappa shape index (κ1) is 10.5. The summed E-state index contributed by atoms with van der Waals surface area (Å²) in [5.41, 5.74) is 10.7. The van der Waals surface area contributed by atoms with Crippen molar-refractivity contribution in [2.75, 3.05) is 0 Å². The fraction of sp³-hybridized carbons (Fsp3) is 0.357. The first-order valence-corrected chi connectivity index (χ1v) is 6.15. The molecule has 0 fully saturated rings. The topological polar surface area (TPSA) is 43.8 Å². The van der Waals surface area contributed by atoms with Crippen LogP contribution in [0.15, 0.2) is 24.3 Å². The molecule has 0 unspecified atom stereocenters. The second-order valence-corrected chi connectivity index (χ2v) is 4.65. The summed E-state index contributed by atoms with van der Waals surface area (Å²) in [5, 5.41) is 0. The highest BCUT2D eigenvalue weighted by Crippen LogP contribution is 2.29. The molecule has 0 aliphatic carbocycles. The molecule has 2 N–H and O–H groups in total. The molecular weight excluding hydrogens is 210 g/mol. The smallest absolute Gasteiger partial charge is 0.123 e. The van der Waals surface area contributed by atoms with Crippen molar-refractivity contribution < 1.29 is 0 Å². The lowest BCUT2D eigenvalue weighted by atomic mass is 10.1. The second kappa shape index (κ2) is 4.00. The molecule has 88 valence electrons. The summed E-state index contributed by atoms with van der Waals surface area (Å²) in [4.78, 5) is 4.70. The van der Waals surface area contributed by atoms with Gasteiger partial charge in [0.2, 0.25) is 0 Å². The van der Waals surface area contributed by atoms with Gasteiger partial charge in [0.05, 0.1) is 12.2 Å². The average Bonchev–Trinajstić information content (AvgIpc) is 2.89. The van der Waals surface area contributed by atoms with E-state index in [9.17, 15) is 0 Å². The SMILES string of the molecule is Cc1cccc(-c2nc(CN)n3c2CCC3)c1. The van der Waals surface area contributed by atoms with E-state index >= 15 is 0 Å². The third-order valence-electron chi connectivity index (χ3n) is 3.42. The van der Waals surface area contributed by atoms with Gasteiger partial charge in [-0.15, -0.1) is 0 Å². The Morgan fingerprint density at radius 1 is 1.41 bits per heavy atom. The van der Waals surface area contributed by atoms with Crippen molar-refractivity contribution in [3.63, 3.8) is 0 Å². The zero-order chi connectivity index (χ0) is 11.8. The molecule has 2 aromatic rings. The molecule has 1 aromatic carbocycles. The van der Waals surface area contributed by atoms with Crippen LogP contribution in [0.3, 0.4) is 0 Å². The quantitative estimate of drug-likeness (QED) is 0.855. The van der Waals surface area contributed by atoms with Crippen LogP contribution in [-0.2, 0) is 19.5 Å². The van der Waals surface area contributed by atoms with E-state index in [-0.39, 0.29) is 0 Å². The molecule has 0 saturated heterocycles. The molecule has 3 nitrogen and oxygen atoms in total. The number of aromatic nitrogens is 2. The summed E-state index contributed by atoms with van der Waals surface area (Å²) >= 11 is 0. The van der Waals surface area contributed by atoms with Crippen LogP contribution in [0, 0.1) is 6.92 Å². The molecule has 1 aliphatic heterocycles. The van der Waals surface area contributed by atoms with E-state index in [1.54, 1.807) is 0 Å². The second-order valence-electron chi connectivity index (χ2n) is 4.65. The predicted octanol–water partition coefficient (Wildman–Crippen LogP) is 2.26. The van der Waals surface area contributed by atoms with Gasteiger partial charge in [-0.25, -0.2) is 4.98 Å². The Balaban J connectivity index is 2.15. The summed E-state index contributed by atoms with van der Waals surface area (Å²) in [6, 6.07) is 8.54. The number of nitrogens with two attached hydrogens (primary N) is 1. The van der Waals surface area contributed by atoms with Crippen LogP contribution >= 0.6 is 0 Å². The van der Waals surface area contributed by atoms with Crippen LogP contribution in [0.4, 0.5) is 0 Å². The number of aryl methyl sites for hydroxylation is 1. The molecule has 2 heterocycles. The van der Waals surface area contributed by atoms with Crippen LogP contribution in [0.25, 0.3) is 11.3 Å². The summed E-state index contributed by atoms with van der Waals surface area (Å²) in [5.74, 6) is 1.02. The molecule has 0 atom stereocenters. The zero-order valence-corrected chi connectivity index (χ0v) is 10.1. The highest BCUT2D eigenvalue weighted by atomic mass is 15.1. The van der Waals surface area contributed by atoms with Gasteiger partial charge in [0.15, 0.2) is 0 Å². The first-order chi connectivity index (χ1) is 8.29. The van der Waals surface area contributed by atoms with E-state index < -0.39 is 0 Å². The minimum absolute atomic E-state index is 0.527. The molecule has 1 aromatic heterocycles. The standard InChI is InChI=1S/C14H17N3/c1-10-4-2-5-11(8-10)14-12-6-3-7-17(12)13(9-15)16-14/h2,4-5,8H,3,6-7,9,15H2,1H3. The van der Waals surface area contributed by atoms with Gasteiger partial charge in [-0.2, -0.15) is 0 Å². The fourth-order valence-electron chi connectivity index (χ4n) is 2.64. The van der Waals surface area contributed by atoms with Crippen molar-refractivity contribution in [1.82, 2.24) is 9.55 Å². The molecule has 0 amide bonds. The minimum atomic E-state index is 0.527.